The molecule has 1 saturated carbocycles. The summed E-state index contributed by atoms with van der Waals surface area (Å²) in [4.78, 5) is 10.3. The maximum Gasteiger partial charge on any atom is 0.312 e. The first-order valence-electron chi connectivity index (χ1n) is 8.04. The van der Waals surface area contributed by atoms with Crippen molar-refractivity contribution < 1.29 is 19.0 Å². The topological polar surface area (TPSA) is 82.8 Å². The van der Waals surface area contributed by atoms with Gasteiger partial charge in [0.15, 0.2) is 0 Å². The zero-order valence-corrected chi connectivity index (χ0v) is 13.4. The summed E-state index contributed by atoms with van der Waals surface area (Å²) in [6.07, 6.45) is 9.00. The Balaban J connectivity index is 0.000000547. The van der Waals surface area contributed by atoms with Gasteiger partial charge in [0, 0.05) is 13.2 Å². The fourth-order valence-corrected chi connectivity index (χ4v) is 1.89. The quantitative estimate of drug-likeness (QED) is 0.605. The molecule has 0 aromatic heterocycles. The number of nitrogens with two attached hydrogens (primary N) is 1. The van der Waals surface area contributed by atoms with Crippen LogP contribution in [-0.2, 0) is 14.2 Å². The molecule has 0 unspecified atom stereocenters. The number of primary amides is 1. The summed E-state index contributed by atoms with van der Waals surface area (Å²) in [5, 5.41) is 2.42. The molecule has 0 radical (unpaired) electrons. The molecule has 0 aliphatic heterocycles. The van der Waals surface area contributed by atoms with Gasteiger partial charge in [-0.25, -0.2) is 4.79 Å². The van der Waals surface area contributed by atoms with E-state index in [1.54, 1.807) is 0 Å². The molecule has 6 nitrogen and oxygen atoms in total. The molecule has 0 bridgehead atoms. The standard InChI is InChI=1S/C9H20N2O4.C6H12/c1-2-13-5-6-15-8-7-14-4-3-11-9(10)12;1-2-4-6-5-3-1/h2-8H2,1H3,(H3,10,11,12);1-6H2. The third-order valence-corrected chi connectivity index (χ3v) is 2.99. The second-order valence-corrected chi connectivity index (χ2v) is 4.83. The normalized spacial score (nSPS) is 14.1. The van der Waals surface area contributed by atoms with Crippen LogP contribution in [0.5, 0.6) is 0 Å². The van der Waals surface area contributed by atoms with E-state index in [4.69, 9.17) is 19.9 Å². The summed E-state index contributed by atoms with van der Waals surface area (Å²) in [7, 11) is 0. The molecular weight excluding hydrogens is 272 g/mol. The van der Waals surface area contributed by atoms with Crippen molar-refractivity contribution in [3.63, 3.8) is 0 Å². The lowest BCUT2D eigenvalue weighted by Crippen LogP contribution is -2.32. The highest BCUT2D eigenvalue weighted by molar-refractivity contribution is 5.71. The minimum Gasteiger partial charge on any atom is -0.379 e. The molecule has 1 fully saturated rings. The van der Waals surface area contributed by atoms with Gasteiger partial charge >= 0.3 is 6.03 Å². The Morgan fingerprint density at radius 2 is 1.29 bits per heavy atom. The van der Waals surface area contributed by atoms with E-state index in [-0.39, 0.29) is 0 Å². The molecule has 126 valence electrons. The van der Waals surface area contributed by atoms with E-state index in [0.717, 1.165) is 0 Å². The predicted octanol–water partition coefficient (Wildman–Crippen LogP) is 2.06. The van der Waals surface area contributed by atoms with E-state index in [9.17, 15) is 4.79 Å². The van der Waals surface area contributed by atoms with Crippen LogP contribution in [0.15, 0.2) is 0 Å². The van der Waals surface area contributed by atoms with Crippen molar-refractivity contribution in [3.05, 3.63) is 0 Å². The van der Waals surface area contributed by atoms with Gasteiger partial charge in [0.05, 0.1) is 33.0 Å². The molecule has 0 aromatic carbocycles. The molecule has 3 N–H and O–H groups in total. The lowest BCUT2D eigenvalue weighted by Gasteiger charge is -2.06. The first-order chi connectivity index (χ1) is 10.3. The van der Waals surface area contributed by atoms with Gasteiger partial charge in [0.25, 0.3) is 0 Å². The second-order valence-electron chi connectivity index (χ2n) is 4.83. The van der Waals surface area contributed by atoms with Gasteiger partial charge in [-0.15, -0.1) is 0 Å². The number of rotatable bonds is 10. The SMILES string of the molecule is C1CCCCC1.CCOCCOCCOCCNC(N)=O. The number of hydrogen-bond acceptors (Lipinski definition) is 4. The number of carbonyl (C=O) groups is 1. The average molecular weight is 304 g/mol. The zero-order chi connectivity index (χ0) is 15.6. The van der Waals surface area contributed by atoms with Crippen LogP contribution in [0.1, 0.15) is 45.4 Å². The summed E-state index contributed by atoms with van der Waals surface area (Å²) in [6, 6.07) is -0.536. The minimum absolute atomic E-state index is 0.425. The van der Waals surface area contributed by atoms with Crippen LogP contribution in [0, 0.1) is 0 Å². The largest absolute Gasteiger partial charge is 0.379 e. The first-order valence-corrected chi connectivity index (χ1v) is 8.04. The lowest BCUT2D eigenvalue weighted by atomic mass is 10.0. The smallest absolute Gasteiger partial charge is 0.312 e. The van der Waals surface area contributed by atoms with Crippen LogP contribution < -0.4 is 11.1 Å². The van der Waals surface area contributed by atoms with Crippen LogP contribution in [0.3, 0.4) is 0 Å². The van der Waals surface area contributed by atoms with Crippen LogP contribution in [0.2, 0.25) is 0 Å². The number of carbonyl (C=O) groups excluding carboxylic acids is 1. The molecule has 0 aromatic rings. The minimum atomic E-state index is -0.536. The summed E-state index contributed by atoms with van der Waals surface area (Å²) in [5.41, 5.74) is 4.86. The predicted molar refractivity (Wildman–Crippen MR) is 83.4 cm³/mol. The highest BCUT2D eigenvalue weighted by Gasteiger charge is 1.95. The van der Waals surface area contributed by atoms with E-state index in [2.05, 4.69) is 5.32 Å². The Hall–Kier alpha value is -0.850. The third kappa shape index (κ3) is 19.1. The van der Waals surface area contributed by atoms with Crippen LogP contribution >= 0.6 is 0 Å². The average Bonchev–Trinajstić information content (AvgIpc) is 2.51. The van der Waals surface area contributed by atoms with Crippen molar-refractivity contribution in [3.8, 4) is 0 Å². The lowest BCUT2D eigenvalue weighted by molar-refractivity contribution is 0.0179. The van der Waals surface area contributed by atoms with Crippen molar-refractivity contribution >= 4 is 6.03 Å². The Kier molecular flexibility index (Phi) is 16.5. The van der Waals surface area contributed by atoms with Crippen LogP contribution in [-0.4, -0.2) is 52.2 Å². The summed E-state index contributed by atoms with van der Waals surface area (Å²) in [5.74, 6) is 0. The van der Waals surface area contributed by atoms with Gasteiger partial charge in [-0.2, -0.15) is 0 Å². The third-order valence-electron chi connectivity index (χ3n) is 2.99. The Morgan fingerprint density at radius 3 is 1.71 bits per heavy atom. The van der Waals surface area contributed by atoms with Gasteiger partial charge in [0.2, 0.25) is 0 Å². The first kappa shape index (κ1) is 20.1. The molecule has 0 heterocycles. The molecular formula is C15H32N2O4. The Morgan fingerprint density at radius 1 is 0.857 bits per heavy atom. The maximum absolute atomic E-state index is 10.3. The molecule has 1 aliphatic rings. The van der Waals surface area contributed by atoms with Gasteiger partial charge in [-0.3, -0.25) is 0 Å². The van der Waals surface area contributed by atoms with Gasteiger partial charge in [-0.05, 0) is 6.92 Å². The molecule has 6 heteroatoms. The number of hydrogen-bond donors (Lipinski definition) is 2. The second kappa shape index (κ2) is 17.2. The van der Waals surface area contributed by atoms with Crippen molar-refractivity contribution in [1.82, 2.24) is 5.32 Å². The summed E-state index contributed by atoms with van der Waals surface area (Å²) >= 11 is 0. The fraction of sp³-hybridized carbons (Fsp3) is 0.933. The van der Waals surface area contributed by atoms with Crippen LogP contribution in [0.4, 0.5) is 4.79 Å². The fourth-order valence-electron chi connectivity index (χ4n) is 1.89. The molecule has 21 heavy (non-hydrogen) atoms. The number of amides is 2. The van der Waals surface area contributed by atoms with E-state index in [0.29, 0.717) is 46.2 Å². The van der Waals surface area contributed by atoms with Crippen LogP contribution in [0.25, 0.3) is 0 Å². The monoisotopic (exact) mass is 304 g/mol. The Labute approximate surface area is 128 Å². The van der Waals surface area contributed by atoms with Crippen molar-refractivity contribution in [2.24, 2.45) is 5.73 Å². The number of ether oxygens (including phenoxy) is 3. The summed E-state index contributed by atoms with van der Waals surface area (Å²) < 4.78 is 15.4. The molecule has 2 amide bonds. The van der Waals surface area contributed by atoms with Gasteiger partial charge < -0.3 is 25.3 Å². The number of nitrogens with one attached hydrogen (secondary N) is 1. The highest BCUT2D eigenvalue weighted by atomic mass is 16.5. The van der Waals surface area contributed by atoms with E-state index >= 15 is 0 Å². The molecule has 0 atom stereocenters. The maximum atomic E-state index is 10.3. The number of urea groups is 1. The highest BCUT2D eigenvalue weighted by Crippen LogP contribution is 2.15. The van der Waals surface area contributed by atoms with Gasteiger partial charge in [0.1, 0.15) is 0 Å². The van der Waals surface area contributed by atoms with E-state index in [1.165, 1.54) is 38.5 Å². The van der Waals surface area contributed by atoms with E-state index in [1.807, 2.05) is 6.92 Å². The molecule has 0 saturated heterocycles. The molecule has 1 rings (SSSR count). The molecule has 1 aliphatic carbocycles. The summed E-state index contributed by atoms with van der Waals surface area (Å²) in [6.45, 7) is 5.74. The van der Waals surface area contributed by atoms with E-state index < -0.39 is 6.03 Å². The van der Waals surface area contributed by atoms with Crippen molar-refractivity contribution in [2.75, 3.05) is 46.2 Å². The zero-order valence-electron chi connectivity index (χ0n) is 13.4. The Bertz CT molecular complexity index is 212. The van der Waals surface area contributed by atoms with Crippen molar-refractivity contribution in [2.45, 2.75) is 45.4 Å². The van der Waals surface area contributed by atoms with Gasteiger partial charge in [-0.1, -0.05) is 38.5 Å². The van der Waals surface area contributed by atoms with Crippen molar-refractivity contribution in [1.29, 1.82) is 0 Å². The molecule has 0 spiro atoms.